The number of aromatic nitrogens is 1. The van der Waals surface area contributed by atoms with Crippen LogP contribution in [0.15, 0.2) is 36.4 Å². The van der Waals surface area contributed by atoms with Crippen molar-refractivity contribution in [3.63, 3.8) is 0 Å². The van der Waals surface area contributed by atoms with Crippen LogP contribution in [0.3, 0.4) is 0 Å². The molecule has 0 saturated carbocycles. The first-order valence-corrected chi connectivity index (χ1v) is 6.34. The fourth-order valence-corrected chi connectivity index (χ4v) is 2.69. The van der Waals surface area contributed by atoms with Crippen molar-refractivity contribution >= 4 is 45.6 Å². The van der Waals surface area contributed by atoms with Gasteiger partial charge in [0.2, 0.25) is 0 Å². The van der Waals surface area contributed by atoms with Gasteiger partial charge in [-0.3, -0.25) is 0 Å². The number of fused-ring (bicyclic) bond motifs is 2. The standard InChI is InChI=1S/C16H17N3.ClH/c1-10-12-8-11-6-4-5-7-14(11)18-15(12)9-13(17)16(10)19(2)3;/h4-9H,17H2,1-3H3;1H. The zero-order valence-electron chi connectivity index (χ0n) is 11.8. The maximum absolute atomic E-state index is 6.15. The predicted molar refractivity (Wildman–Crippen MR) is 90.0 cm³/mol. The van der Waals surface area contributed by atoms with E-state index in [9.17, 15) is 0 Å². The minimum absolute atomic E-state index is 0. The van der Waals surface area contributed by atoms with Crippen LogP contribution in [0.4, 0.5) is 11.4 Å². The Balaban J connectivity index is 0.00000147. The van der Waals surface area contributed by atoms with Gasteiger partial charge in [0.25, 0.3) is 0 Å². The molecule has 0 aliphatic rings. The normalized spacial score (nSPS) is 10.6. The Labute approximate surface area is 124 Å². The van der Waals surface area contributed by atoms with E-state index in [4.69, 9.17) is 10.7 Å². The summed E-state index contributed by atoms with van der Waals surface area (Å²) in [6, 6.07) is 12.3. The largest absolute Gasteiger partial charge is 0.397 e. The summed E-state index contributed by atoms with van der Waals surface area (Å²) in [5.41, 5.74) is 11.1. The summed E-state index contributed by atoms with van der Waals surface area (Å²) in [4.78, 5) is 6.76. The van der Waals surface area contributed by atoms with Crippen molar-refractivity contribution in [2.24, 2.45) is 0 Å². The maximum Gasteiger partial charge on any atom is 0.0734 e. The number of halogens is 1. The minimum Gasteiger partial charge on any atom is -0.397 e. The second kappa shape index (κ2) is 5.17. The average Bonchev–Trinajstić information content (AvgIpc) is 2.36. The number of pyridine rings is 1. The molecule has 2 N–H and O–H groups in total. The fourth-order valence-electron chi connectivity index (χ4n) is 2.69. The van der Waals surface area contributed by atoms with Gasteiger partial charge >= 0.3 is 0 Å². The molecule has 20 heavy (non-hydrogen) atoms. The molecule has 3 nitrogen and oxygen atoms in total. The Kier molecular flexibility index (Phi) is 3.73. The van der Waals surface area contributed by atoms with E-state index >= 15 is 0 Å². The van der Waals surface area contributed by atoms with Gasteiger partial charge in [-0.25, -0.2) is 4.98 Å². The van der Waals surface area contributed by atoms with E-state index in [1.54, 1.807) is 0 Å². The van der Waals surface area contributed by atoms with Crippen LogP contribution in [-0.2, 0) is 0 Å². The Bertz CT molecular complexity index is 781. The molecule has 0 aliphatic heterocycles. The van der Waals surface area contributed by atoms with Crippen molar-refractivity contribution in [2.75, 3.05) is 24.7 Å². The highest BCUT2D eigenvalue weighted by Crippen LogP contribution is 2.33. The van der Waals surface area contributed by atoms with E-state index in [0.717, 1.165) is 33.2 Å². The third-order valence-electron chi connectivity index (χ3n) is 3.53. The van der Waals surface area contributed by atoms with Gasteiger partial charge < -0.3 is 10.6 Å². The minimum atomic E-state index is 0. The number of para-hydroxylation sites is 1. The topological polar surface area (TPSA) is 42.1 Å². The van der Waals surface area contributed by atoms with Crippen LogP contribution in [0.25, 0.3) is 21.8 Å². The van der Waals surface area contributed by atoms with Crippen molar-refractivity contribution < 1.29 is 0 Å². The summed E-state index contributed by atoms with van der Waals surface area (Å²) in [5, 5.41) is 2.32. The highest BCUT2D eigenvalue weighted by molar-refractivity contribution is 5.99. The summed E-state index contributed by atoms with van der Waals surface area (Å²) >= 11 is 0. The number of hydrogen-bond acceptors (Lipinski definition) is 3. The van der Waals surface area contributed by atoms with E-state index in [-0.39, 0.29) is 12.4 Å². The first kappa shape index (κ1) is 14.4. The Hall–Kier alpha value is -2.00. The highest BCUT2D eigenvalue weighted by atomic mass is 35.5. The second-order valence-electron chi connectivity index (χ2n) is 5.08. The lowest BCUT2D eigenvalue weighted by molar-refractivity contribution is 1.12. The van der Waals surface area contributed by atoms with Crippen LogP contribution in [-0.4, -0.2) is 19.1 Å². The Morgan fingerprint density at radius 1 is 1.05 bits per heavy atom. The summed E-state index contributed by atoms with van der Waals surface area (Å²) in [6.45, 7) is 2.10. The molecule has 0 unspecified atom stereocenters. The summed E-state index contributed by atoms with van der Waals surface area (Å²) in [7, 11) is 4.03. The number of nitrogen functional groups attached to an aromatic ring is 1. The molecule has 0 saturated heterocycles. The van der Waals surface area contributed by atoms with Gasteiger partial charge in [0.1, 0.15) is 0 Å². The molecule has 3 rings (SSSR count). The smallest absolute Gasteiger partial charge is 0.0734 e. The van der Waals surface area contributed by atoms with E-state index in [1.165, 1.54) is 5.56 Å². The molecule has 0 radical (unpaired) electrons. The van der Waals surface area contributed by atoms with E-state index in [1.807, 2.05) is 38.4 Å². The summed E-state index contributed by atoms with van der Waals surface area (Å²) in [6.07, 6.45) is 0. The molecule has 4 heteroatoms. The zero-order valence-corrected chi connectivity index (χ0v) is 12.7. The van der Waals surface area contributed by atoms with Gasteiger partial charge in [-0.15, -0.1) is 12.4 Å². The van der Waals surface area contributed by atoms with Crippen molar-refractivity contribution in [2.45, 2.75) is 6.92 Å². The first-order chi connectivity index (χ1) is 9.08. The van der Waals surface area contributed by atoms with Crippen molar-refractivity contribution in [1.82, 2.24) is 4.98 Å². The molecule has 0 spiro atoms. The van der Waals surface area contributed by atoms with Crippen LogP contribution >= 0.6 is 12.4 Å². The molecule has 1 aromatic heterocycles. The quantitative estimate of drug-likeness (QED) is 0.547. The van der Waals surface area contributed by atoms with E-state index in [2.05, 4.69) is 24.0 Å². The van der Waals surface area contributed by atoms with Crippen molar-refractivity contribution in [3.8, 4) is 0 Å². The highest BCUT2D eigenvalue weighted by Gasteiger charge is 2.11. The van der Waals surface area contributed by atoms with Crippen LogP contribution in [0.1, 0.15) is 5.56 Å². The number of nitrogens with two attached hydrogens (primary N) is 1. The Morgan fingerprint density at radius 2 is 1.75 bits per heavy atom. The van der Waals surface area contributed by atoms with Crippen LogP contribution in [0.2, 0.25) is 0 Å². The number of rotatable bonds is 1. The third-order valence-corrected chi connectivity index (χ3v) is 3.53. The third kappa shape index (κ3) is 2.14. The van der Waals surface area contributed by atoms with Gasteiger partial charge in [-0.1, -0.05) is 18.2 Å². The molecule has 1 heterocycles. The number of nitrogens with zero attached hydrogens (tertiary/aromatic N) is 2. The number of aryl methyl sites for hydroxylation is 1. The molecule has 104 valence electrons. The molecule has 0 amide bonds. The molecule has 3 aromatic rings. The molecular weight excluding hydrogens is 270 g/mol. The number of anilines is 2. The molecule has 0 atom stereocenters. The predicted octanol–water partition coefficient (Wildman–Crippen LogP) is 3.77. The van der Waals surface area contributed by atoms with Gasteiger partial charge in [0.05, 0.1) is 22.4 Å². The van der Waals surface area contributed by atoms with Crippen LogP contribution in [0.5, 0.6) is 0 Å². The lowest BCUT2D eigenvalue weighted by Crippen LogP contribution is -2.13. The molecule has 0 bridgehead atoms. The zero-order chi connectivity index (χ0) is 13.6. The van der Waals surface area contributed by atoms with Gasteiger partial charge in [0, 0.05) is 24.9 Å². The fraction of sp³-hybridized carbons (Fsp3) is 0.188. The average molecular weight is 288 g/mol. The monoisotopic (exact) mass is 287 g/mol. The number of benzene rings is 2. The van der Waals surface area contributed by atoms with Gasteiger partial charge in [0.15, 0.2) is 0 Å². The lowest BCUT2D eigenvalue weighted by Gasteiger charge is -2.20. The van der Waals surface area contributed by atoms with Crippen LogP contribution < -0.4 is 10.6 Å². The maximum atomic E-state index is 6.15. The van der Waals surface area contributed by atoms with Gasteiger partial charge in [-0.05, 0) is 30.7 Å². The second-order valence-corrected chi connectivity index (χ2v) is 5.08. The SMILES string of the molecule is Cc1c(N(C)C)c(N)cc2nc3ccccc3cc12.Cl. The lowest BCUT2D eigenvalue weighted by atomic mass is 10.0. The van der Waals surface area contributed by atoms with Crippen molar-refractivity contribution in [3.05, 3.63) is 42.0 Å². The molecule has 0 fully saturated rings. The van der Waals surface area contributed by atoms with E-state index < -0.39 is 0 Å². The molecule has 0 aliphatic carbocycles. The molecular formula is C16H18ClN3. The number of hydrogen-bond donors (Lipinski definition) is 1. The first-order valence-electron chi connectivity index (χ1n) is 6.34. The van der Waals surface area contributed by atoms with E-state index in [0.29, 0.717) is 0 Å². The summed E-state index contributed by atoms with van der Waals surface area (Å²) in [5.74, 6) is 0. The molecule has 2 aromatic carbocycles. The van der Waals surface area contributed by atoms with Crippen molar-refractivity contribution in [1.29, 1.82) is 0 Å². The van der Waals surface area contributed by atoms with Crippen LogP contribution in [0, 0.1) is 6.92 Å². The van der Waals surface area contributed by atoms with Gasteiger partial charge in [-0.2, -0.15) is 0 Å². The summed E-state index contributed by atoms with van der Waals surface area (Å²) < 4.78 is 0. The Morgan fingerprint density at radius 3 is 2.45 bits per heavy atom.